The maximum Gasteiger partial charge on any atom is 0.309 e. The lowest BCUT2D eigenvalue weighted by Gasteiger charge is -2.38. The molecule has 6 heteroatoms. The molecule has 4 nitrogen and oxygen atoms in total. The molecule has 0 aromatic heterocycles. The predicted octanol–water partition coefficient (Wildman–Crippen LogP) is 5.38. The summed E-state index contributed by atoms with van der Waals surface area (Å²) in [5.74, 6) is 0.252. The van der Waals surface area contributed by atoms with Gasteiger partial charge in [0.25, 0.3) is 0 Å². The summed E-state index contributed by atoms with van der Waals surface area (Å²) in [6.45, 7) is 3.84. The zero-order valence-electron chi connectivity index (χ0n) is 18.3. The van der Waals surface area contributed by atoms with E-state index in [0.29, 0.717) is 0 Å². The lowest BCUT2D eigenvalue weighted by atomic mass is 9.79. The van der Waals surface area contributed by atoms with Crippen LogP contribution in [-0.2, 0) is 19.7 Å². The maximum absolute atomic E-state index is 12.9. The zero-order valence-corrected chi connectivity index (χ0v) is 20.0. The van der Waals surface area contributed by atoms with Crippen LogP contribution in [-0.4, -0.2) is 23.6 Å². The number of carbonyl (C=O) groups excluding carboxylic acids is 1. The van der Waals surface area contributed by atoms with E-state index in [-0.39, 0.29) is 23.6 Å². The van der Waals surface area contributed by atoms with Gasteiger partial charge in [-0.25, -0.2) is 0 Å². The molecule has 1 atom stereocenters. The van der Waals surface area contributed by atoms with E-state index in [2.05, 4.69) is 0 Å². The Morgan fingerprint density at radius 3 is 1.62 bits per heavy atom. The molecule has 32 heavy (non-hydrogen) atoms. The molecule has 0 aliphatic carbocycles. The molecule has 0 radical (unpaired) electrons. The molecule has 0 fully saturated rings. The van der Waals surface area contributed by atoms with Crippen molar-refractivity contribution in [2.75, 3.05) is 18.5 Å². The van der Waals surface area contributed by atoms with Crippen LogP contribution in [0.1, 0.15) is 30.5 Å². The summed E-state index contributed by atoms with van der Waals surface area (Å²) in [5, 5.41) is -0.0857. The quantitative estimate of drug-likeness (QED) is 0.296. The lowest BCUT2D eigenvalue weighted by Crippen LogP contribution is -2.38. The Morgan fingerprint density at radius 1 is 0.844 bits per heavy atom. The SMILES string of the molecule is CC(C)(COC(c1ccccc1)(c1ccccc1)c1ccccc1)C(=O)SCC[P+](=O)[O-]. The standard InChI is InChI=1S/C26H27O4PS/c1-25(2,24(27)32-19-18-31(28)29)20-30-26(21-12-6-3-7-13-21,22-14-8-4-9-15-22)23-16-10-5-11-17-23/h3-17H,18-20H2,1-2H3. The first-order chi connectivity index (χ1) is 15.4. The average Bonchev–Trinajstić information content (AvgIpc) is 2.81. The number of rotatable bonds is 10. The second-order valence-electron chi connectivity index (χ2n) is 8.14. The third-order valence-corrected chi connectivity index (χ3v) is 7.36. The summed E-state index contributed by atoms with van der Waals surface area (Å²) in [6.07, 6.45) is -0.00927. The minimum absolute atomic E-state index is 0.00927. The third kappa shape index (κ3) is 5.73. The van der Waals surface area contributed by atoms with Gasteiger partial charge in [0.05, 0.1) is 12.0 Å². The van der Waals surface area contributed by atoms with E-state index in [9.17, 15) is 14.3 Å². The number of benzene rings is 3. The first kappa shape index (κ1) is 24.3. The van der Waals surface area contributed by atoms with Gasteiger partial charge in [-0.3, -0.25) is 4.79 Å². The van der Waals surface area contributed by atoms with Gasteiger partial charge in [0.2, 0.25) is 0 Å². The Labute approximate surface area is 194 Å². The van der Waals surface area contributed by atoms with E-state index in [1.165, 1.54) is 0 Å². The first-order valence-corrected chi connectivity index (χ1v) is 12.8. The summed E-state index contributed by atoms with van der Waals surface area (Å²) >= 11 is 1.05. The van der Waals surface area contributed by atoms with Gasteiger partial charge in [-0.05, 0) is 30.5 Å². The van der Waals surface area contributed by atoms with Crippen LogP contribution in [0.5, 0.6) is 0 Å². The van der Waals surface area contributed by atoms with Crippen molar-refractivity contribution < 1.29 is 19.0 Å². The van der Waals surface area contributed by atoms with Crippen molar-refractivity contribution in [3.05, 3.63) is 108 Å². The maximum atomic E-state index is 12.9. The Bertz CT molecular complexity index is 927. The number of hydrogen-bond donors (Lipinski definition) is 0. The van der Waals surface area contributed by atoms with Crippen LogP contribution in [0, 0.1) is 5.41 Å². The molecule has 0 saturated heterocycles. The summed E-state index contributed by atoms with van der Waals surface area (Å²) < 4.78 is 17.6. The largest absolute Gasteiger partial charge is 0.596 e. The molecular formula is C26H27O4PS. The highest BCUT2D eigenvalue weighted by molar-refractivity contribution is 8.13. The fourth-order valence-electron chi connectivity index (χ4n) is 3.52. The third-order valence-electron chi connectivity index (χ3n) is 5.25. The molecule has 0 spiro atoms. The summed E-state index contributed by atoms with van der Waals surface area (Å²) in [6, 6.07) is 30.0. The number of ether oxygens (including phenoxy) is 1. The molecule has 0 heterocycles. The number of thioether (sulfide) groups is 1. The van der Waals surface area contributed by atoms with Crippen LogP contribution < -0.4 is 4.89 Å². The molecule has 0 N–H and O–H groups in total. The highest BCUT2D eigenvalue weighted by atomic mass is 32.2. The van der Waals surface area contributed by atoms with Crippen LogP contribution in [0.15, 0.2) is 91.0 Å². The first-order valence-electron chi connectivity index (χ1n) is 10.5. The van der Waals surface area contributed by atoms with E-state index in [4.69, 9.17) is 4.74 Å². The molecule has 1 unspecified atom stereocenters. The lowest BCUT2D eigenvalue weighted by molar-refractivity contribution is -0.163. The van der Waals surface area contributed by atoms with E-state index >= 15 is 0 Å². The number of carbonyl (C=O) groups is 1. The topological polar surface area (TPSA) is 66.4 Å². The smallest absolute Gasteiger partial charge is 0.309 e. The van der Waals surface area contributed by atoms with Gasteiger partial charge >= 0.3 is 8.03 Å². The van der Waals surface area contributed by atoms with Crippen LogP contribution in [0.2, 0.25) is 0 Å². The molecular weight excluding hydrogens is 439 g/mol. The van der Waals surface area contributed by atoms with Crippen molar-refractivity contribution in [1.82, 2.24) is 0 Å². The van der Waals surface area contributed by atoms with Crippen LogP contribution >= 0.6 is 19.8 Å². The molecule has 0 saturated carbocycles. The van der Waals surface area contributed by atoms with E-state index in [1.54, 1.807) is 0 Å². The van der Waals surface area contributed by atoms with Crippen molar-refractivity contribution in [2.45, 2.75) is 19.4 Å². The van der Waals surface area contributed by atoms with Gasteiger partial charge in [0, 0.05) is 5.75 Å². The van der Waals surface area contributed by atoms with Gasteiger partial charge in [-0.1, -0.05) is 107 Å². The van der Waals surface area contributed by atoms with Crippen molar-refractivity contribution >= 4 is 24.9 Å². The minimum atomic E-state index is -2.49. The minimum Gasteiger partial charge on any atom is -0.596 e. The van der Waals surface area contributed by atoms with E-state index in [1.807, 2.05) is 105 Å². The molecule has 166 valence electrons. The van der Waals surface area contributed by atoms with Gasteiger partial charge in [0.15, 0.2) is 11.3 Å². The second kappa shape index (κ2) is 11.0. The zero-order chi connectivity index (χ0) is 23.0. The van der Waals surface area contributed by atoms with Crippen molar-refractivity contribution in [1.29, 1.82) is 0 Å². The average molecular weight is 467 g/mol. The Hall–Kier alpha value is -2.30. The summed E-state index contributed by atoms with van der Waals surface area (Å²) in [4.78, 5) is 23.7. The molecule has 0 amide bonds. The van der Waals surface area contributed by atoms with Gasteiger partial charge < -0.3 is 9.63 Å². The fraction of sp³-hybridized carbons (Fsp3) is 0.269. The molecule has 0 aliphatic rings. The van der Waals surface area contributed by atoms with E-state index in [0.717, 1.165) is 28.5 Å². The van der Waals surface area contributed by atoms with Crippen molar-refractivity contribution in [2.24, 2.45) is 5.41 Å². The van der Waals surface area contributed by atoms with Crippen molar-refractivity contribution in [3.63, 3.8) is 0 Å². The highest BCUT2D eigenvalue weighted by Crippen LogP contribution is 2.42. The summed E-state index contributed by atoms with van der Waals surface area (Å²) in [5.41, 5.74) is 1.21. The normalized spacial score (nSPS) is 12.4. The van der Waals surface area contributed by atoms with Gasteiger partial charge in [-0.2, -0.15) is 0 Å². The monoisotopic (exact) mass is 466 g/mol. The molecule has 0 aliphatic heterocycles. The predicted molar refractivity (Wildman–Crippen MR) is 129 cm³/mol. The van der Waals surface area contributed by atoms with Crippen molar-refractivity contribution in [3.8, 4) is 0 Å². The van der Waals surface area contributed by atoms with Gasteiger partial charge in [-0.15, -0.1) is 0 Å². The summed E-state index contributed by atoms with van der Waals surface area (Å²) in [7, 11) is -2.49. The van der Waals surface area contributed by atoms with Crippen LogP contribution in [0.25, 0.3) is 0 Å². The molecule has 3 aromatic rings. The fourth-order valence-corrected chi connectivity index (χ4v) is 5.12. The Balaban J connectivity index is 2.00. The molecule has 0 bridgehead atoms. The van der Waals surface area contributed by atoms with E-state index < -0.39 is 19.0 Å². The Kier molecular flexibility index (Phi) is 8.38. The van der Waals surface area contributed by atoms with Gasteiger partial charge in [0.1, 0.15) is 5.60 Å². The number of hydrogen-bond acceptors (Lipinski definition) is 5. The highest BCUT2D eigenvalue weighted by Gasteiger charge is 2.40. The molecule has 3 rings (SSSR count). The second-order valence-corrected chi connectivity index (χ2v) is 10.3. The Morgan fingerprint density at radius 2 is 1.25 bits per heavy atom. The molecule has 3 aromatic carbocycles. The van der Waals surface area contributed by atoms with Crippen LogP contribution in [0.4, 0.5) is 0 Å². The van der Waals surface area contributed by atoms with Crippen LogP contribution in [0.3, 0.4) is 0 Å².